The van der Waals surface area contributed by atoms with Gasteiger partial charge in [0.2, 0.25) is 5.78 Å². The van der Waals surface area contributed by atoms with Crippen LogP contribution in [0, 0.1) is 28.6 Å². The van der Waals surface area contributed by atoms with Crippen LogP contribution >= 0.6 is 11.6 Å². The number of Topliss-reactive ketones (excluding diaryl/α,β-unsaturated/α-hetero) is 2. The molecule has 0 N–H and O–H groups in total. The van der Waals surface area contributed by atoms with E-state index in [-0.39, 0.29) is 53.7 Å². The van der Waals surface area contributed by atoms with Gasteiger partial charge >= 0.3 is 6.16 Å². The second-order valence-corrected chi connectivity index (χ2v) is 14.6. The van der Waals surface area contributed by atoms with Crippen LogP contribution in [0.5, 0.6) is 0 Å². The first-order valence-corrected chi connectivity index (χ1v) is 16.4. The molecule has 9 nitrogen and oxygen atoms in total. The third-order valence-electron chi connectivity index (χ3n) is 10.4. The normalized spacial score (nSPS) is 34.1. The smallest absolute Gasteiger partial charge is 0.434 e. The van der Waals surface area contributed by atoms with Crippen LogP contribution in [0.25, 0.3) is 0 Å². The summed E-state index contributed by atoms with van der Waals surface area (Å²) in [6, 6.07) is 5.34. The fourth-order valence-corrected chi connectivity index (χ4v) is 9.32. The number of benzene rings is 1. The molecule has 228 valence electrons. The standard InChI is InChI=1S/C31H37ClO9S/c1-4-15-39-28(36)41-31(26(35)18-40-42(37,38)22-8-6-20(32)7-9-22)14-12-24-23-10-5-19-16-21(33)11-13-29(19,2)27(23)25(34)17-30(24,31)3/h6-9,16,23-24,27H,4-5,10-15,17-18H2,1-3H3/t23-,24-,27+,29-,30-,31-/m0/s1. The molecule has 0 amide bonds. The fraction of sp³-hybridized carbons (Fsp3) is 0.613. The van der Waals surface area contributed by atoms with Gasteiger partial charge in [-0.05, 0) is 86.1 Å². The minimum atomic E-state index is -4.33. The summed E-state index contributed by atoms with van der Waals surface area (Å²) in [6.45, 7) is 4.91. The van der Waals surface area contributed by atoms with Gasteiger partial charge in [0, 0.05) is 29.2 Å². The Labute approximate surface area is 251 Å². The van der Waals surface area contributed by atoms with Gasteiger partial charge in [-0.2, -0.15) is 8.42 Å². The molecule has 3 fully saturated rings. The van der Waals surface area contributed by atoms with E-state index < -0.39 is 45.1 Å². The van der Waals surface area contributed by atoms with E-state index in [0.717, 1.165) is 5.57 Å². The minimum Gasteiger partial charge on any atom is -0.434 e. The molecule has 0 heterocycles. The molecule has 0 aliphatic heterocycles. The van der Waals surface area contributed by atoms with Crippen LogP contribution in [-0.2, 0) is 38.2 Å². The van der Waals surface area contributed by atoms with Crippen LogP contribution in [0.15, 0.2) is 40.8 Å². The molecule has 4 aliphatic rings. The van der Waals surface area contributed by atoms with E-state index in [9.17, 15) is 27.6 Å². The fourth-order valence-electron chi connectivity index (χ4n) is 8.33. The lowest BCUT2D eigenvalue weighted by molar-refractivity contribution is -0.174. The third-order valence-corrected chi connectivity index (χ3v) is 11.9. The number of hydrogen-bond donors (Lipinski definition) is 0. The maximum Gasteiger partial charge on any atom is 0.509 e. The first kappa shape index (κ1) is 30.9. The van der Waals surface area contributed by atoms with E-state index in [1.807, 2.05) is 6.92 Å². The van der Waals surface area contributed by atoms with Crippen molar-refractivity contribution in [2.75, 3.05) is 13.2 Å². The summed E-state index contributed by atoms with van der Waals surface area (Å²) in [6.07, 6.45) is 4.19. The average molecular weight is 621 g/mol. The Kier molecular flexibility index (Phi) is 8.22. The lowest BCUT2D eigenvalue weighted by atomic mass is 9.46. The van der Waals surface area contributed by atoms with Crippen LogP contribution in [0.3, 0.4) is 0 Å². The number of rotatable bonds is 8. The molecule has 5 rings (SSSR count). The number of halogens is 1. The van der Waals surface area contributed by atoms with Crippen LogP contribution in [0.4, 0.5) is 4.79 Å². The van der Waals surface area contributed by atoms with Gasteiger partial charge in [0.15, 0.2) is 11.4 Å². The first-order chi connectivity index (χ1) is 19.8. The Hall–Kier alpha value is -2.56. The highest BCUT2D eigenvalue weighted by molar-refractivity contribution is 7.86. The zero-order valence-corrected chi connectivity index (χ0v) is 25.7. The Morgan fingerprint density at radius 1 is 1.05 bits per heavy atom. The van der Waals surface area contributed by atoms with Gasteiger partial charge in [-0.15, -0.1) is 0 Å². The van der Waals surface area contributed by atoms with Crippen LogP contribution in [0.1, 0.15) is 72.1 Å². The van der Waals surface area contributed by atoms with E-state index in [2.05, 4.69) is 6.92 Å². The highest BCUT2D eigenvalue weighted by Gasteiger charge is 2.71. The molecule has 11 heteroatoms. The van der Waals surface area contributed by atoms with Gasteiger partial charge in [-0.1, -0.05) is 37.9 Å². The highest BCUT2D eigenvalue weighted by atomic mass is 35.5. The Morgan fingerprint density at radius 3 is 2.45 bits per heavy atom. The first-order valence-electron chi connectivity index (χ1n) is 14.6. The average Bonchev–Trinajstić information content (AvgIpc) is 3.23. The molecule has 6 atom stereocenters. The van der Waals surface area contributed by atoms with Crippen molar-refractivity contribution in [3.8, 4) is 0 Å². The Morgan fingerprint density at radius 2 is 1.76 bits per heavy atom. The Balaban J connectivity index is 1.47. The highest BCUT2D eigenvalue weighted by Crippen LogP contribution is 2.67. The van der Waals surface area contributed by atoms with Gasteiger partial charge in [-0.25, -0.2) is 4.79 Å². The van der Waals surface area contributed by atoms with E-state index in [4.69, 9.17) is 25.3 Å². The van der Waals surface area contributed by atoms with Gasteiger partial charge in [0.05, 0.1) is 11.5 Å². The van der Waals surface area contributed by atoms with Gasteiger partial charge < -0.3 is 9.47 Å². The van der Waals surface area contributed by atoms with Crippen LogP contribution < -0.4 is 0 Å². The maximum atomic E-state index is 14.1. The third kappa shape index (κ3) is 5.03. The largest absolute Gasteiger partial charge is 0.509 e. The molecular weight excluding hydrogens is 584 g/mol. The molecule has 4 aliphatic carbocycles. The topological polar surface area (TPSA) is 130 Å². The number of hydrogen-bond acceptors (Lipinski definition) is 9. The number of carbonyl (C=O) groups excluding carboxylic acids is 4. The molecule has 42 heavy (non-hydrogen) atoms. The lowest BCUT2D eigenvalue weighted by Gasteiger charge is -2.57. The number of ether oxygens (including phenoxy) is 2. The van der Waals surface area contributed by atoms with Crippen molar-refractivity contribution < 1.29 is 41.3 Å². The van der Waals surface area contributed by atoms with Crippen molar-refractivity contribution >= 4 is 45.2 Å². The summed E-state index contributed by atoms with van der Waals surface area (Å²) < 4.78 is 42.1. The molecule has 0 unspecified atom stereocenters. The predicted octanol–water partition coefficient (Wildman–Crippen LogP) is 5.63. The van der Waals surface area contributed by atoms with Crippen LogP contribution in [-0.4, -0.2) is 50.7 Å². The Bertz CT molecular complexity index is 1430. The van der Waals surface area contributed by atoms with Crippen molar-refractivity contribution in [3.05, 3.63) is 40.9 Å². The van der Waals surface area contributed by atoms with Crippen molar-refractivity contribution in [1.29, 1.82) is 0 Å². The van der Waals surface area contributed by atoms with E-state index in [0.29, 0.717) is 43.5 Å². The molecule has 0 bridgehead atoms. The second-order valence-electron chi connectivity index (χ2n) is 12.6. The summed E-state index contributed by atoms with van der Waals surface area (Å²) in [4.78, 5) is 53.0. The molecule has 0 aromatic heterocycles. The van der Waals surface area contributed by atoms with E-state index >= 15 is 0 Å². The lowest BCUT2D eigenvalue weighted by Crippen LogP contribution is -2.62. The van der Waals surface area contributed by atoms with E-state index in [1.54, 1.807) is 13.0 Å². The molecule has 0 radical (unpaired) electrons. The monoisotopic (exact) mass is 620 g/mol. The molecule has 1 aromatic rings. The zero-order valence-electron chi connectivity index (χ0n) is 24.2. The number of ketones is 3. The van der Waals surface area contributed by atoms with Crippen molar-refractivity contribution in [1.82, 2.24) is 0 Å². The van der Waals surface area contributed by atoms with Crippen molar-refractivity contribution in [3.63, 3.8) is 0 Å². The SMILES string of the molecule is CCCOC(=O)O[C@]1(C(=O)COS(=O)(=O)c2ccc(Cl)cc2)CC[C@H]2[C@@H]3CCC4=CC(=O)CC[C@]4(C)[C@H]3C(=O)C[C@@]21C. The number of carbonyl (C=O) groups is 4. The van der Waals surface area contributed by atoms with Gasteiger partial charge in [-0.3, -0.25) is 18.6 Å². The molecule has 1 aromatic carbocycles. The number of fused-ring (bicyclic) bond motifs is 5. The van der Waals surface area contributed by atoms with E-state index in [1.165, 1.54) is 24.3 Å². The molecule has 3 saturated carbocycles. The number of allylic oxidation sites excluding steroid dienone is 1. The van der Waals surface area contributed by atoms with Crippen molar-refractivity contribution in [2.45, 2.75) is 82.6 Å². The zero-order chi connectivity index (χ0) is 30.5. The molecule has 0 spiro atoms. The van der Waals surface area contributed by atoms with Gasteiger partial charge in [0.1, 0.15) is 12.4 Å². The summed E-state index contributed by atoms with van der Waals surface area (Å²) in [5, 5.41) is 0.340. The molecule has 0 saturated heterocycles. The van der Waals surface area contributed by atoms with Crippen LogP contribution in [0.2, 0.25) is 5.02 Å². The van der Waals surface area contributed by atoms with Crippen molar-refractivity contribution in [2.24, 2.45) is 28.6 Å². The quantitative estimate of drug-likeness (QED) is 0.268. The summed E-state index contributed by atoms with van der Waals surface area (Å²) in [5.74, 6) is -1.19. The molecular formula is C31H37ClO9S. The predicted molar refractivity (Wildman–Crippen MR) is 152 cm³/mol. The van der Waals surface area contributed by atoms with Gasteiger partial charge in [0.25, 0.3) is 10.1 Å². The summed E-state index contributed by atoms with van der Waals surface area (Å²) in [7, 11) is -4.33. The summed E-state index contributed by atoms with van der Waals surface area (Å²) in [5.41, 5.74) is -2.31. The minimum absolute atomic E-state index is 0.0214. The second kappa shape index (κ2) is 11.2. The maximum absolute atomic E-state index is 14.1. The summed E-state index contributed by atoms with van der Waals surface area (Å²) >= 11 is 5.88.